The molecule has 1 spiro atoms. The van der Waals surface area contributed by atoms with Crippen LogP contribution in [0.3, 0.4) is 0 Å². The zero-order chi connectivity index (χ0) is 12.4. The lowest BCUT2D eigenvalue weighted by Crippen LogP contribution is -2.62. The molecule has 3 aliphatic heterocycles. The number of carboxylic acids is 1. The van der Waals surface area contributed by atoms with Gasteiger partial charge in [0, 0.05) is 6.42 Å². The van der Waals surface area contributed by atoms with Gasteiger partial charge in [0.1, 0.15) is 12.2 Å². The minimum Gasteiger partial charge on any atom is -0.481 e. The molecule has 4 nitrogen and oxygen atoms in total. The Bertz CT molecular complexity index is 385. The Kier molecular flexibility index (Phi) is 2.17. The molecule has 3 heterocycles. The normalized spacial score (nSPS) is 50.2. The first-order chi connectivity index (χ1) is 8.66. The van der Waals surface area contributed by atoms with Crippen molar-refractivity contribution < 1.29 is 19.4 Å². The van der Waals surface area contributed by atoms with E-state index in [9.17, 15) is 9.90 Å². The maximum atomic E-state index is 11.8. The number of aliphatic carboxylic acids is 1. The van der Waals surface area contributed by atoms with Crippen molar-refractivity contribution in [2.45, 2.75) is 69.4 Å². The fourth-order valence-corrected chi connectivity index (χ4v) is 4.42. The lowest BCUT2D eigenvalue weighted by molar-refractivity contribution is -0.231. The van der Waals surface area contributed by atoms with Gasteiger partial charge in [0.05, 0.1) is 5.41 Å². The molecule has 0 aromatic heterocycles. The van der Waals surface area contributed by atoms with Crippen LogP contribution >= 0.6 is 0 Å². The molecule has 2 bridgehead atoms. The SMILES string of the molecule is O=C(O)C1(CC2CCCCC2)CCC23OC2C1O3. The number of carbonyl (C=O) groups is 1. The molecule has 3 saturated heterocycles. The summed E-state index contributed by atoms with van der Waals surface area (Å²) in [5.74, 6) is -0.428. The number of carboxylic acid groups (broad SMARTS) is 1. The van der Waals surface area contributed by atoms with Gasteiger partial charge in [0.2, 0.25) is 0 Å². The molecule has 4 atom stereocenters. The van der Waals surface area contributed by atoms with Gasteiger partial charge < -0.3 is 14.6 Å². The van der Waals surface area contributed by atoms with Crippen LogP contribution in [0.1, 0.15) is 51.4 Å². The van der Waals surface area contributed by atoms with E-state index in [1.165, 1.54) is 32.1 Å². The number of rotatable bonds is 3. The van der Waals surface area contributed by atoms with E-state index in [2.05, 4.69) is 0 Å². The summed E-state index contributed by atoms with van der Waals surface area (Å²) in [6.07, 6.45) is 8.43. The molecule has 18 heavy (non-hydrogen) atoms. The van der Waals surface area contributed by atoms with E-state index in [1.807, 2.05) is 0 Å². The molecule has 0 aromatic carbocycles. The summed E-state index contributed by atoms with van der Waals surface area (Å²) >= 11 is 0. The Morgan fingerprint density at radius 1 is 1.11 bits per heavy atom. The number of epoxide rings is 1. The zero-order valence-electron chi connectivity index (χ0n) is 10.6. The van der Waals surface area contributed by atoms with Crippen LogP contribution in [0.15, 0.2) is 0 Å². The van der Waals surface area contributed by atoms with E-state index < -0.39 is 11.4 Å². The Hall–Kier alpha value is -0.610. The molecular weight excluding hydrogens is 232 g/mol. The fraction of sp³-hybridized carbons (Fsp3) is 0.929. The average molecular weight is 252 g/mol. The maximum absolute atomic E-state index is 11.8. The quantitative estimate of drug-likeness (QED) is 0.783. The van der Waals surface area contributed by atoms with Gasteiger partial charge >= 0.3 is 5.97 Å². The van der Waals surface area contributed by atoms with Crippen molar-refractivity contribution in [1.82, 2.24) is 0 Å². The van der Waals surface area contributed by atoms with Gasteiger partial charge in [-0.15, -0.1) is 0 Å². The van der Waals surface area contributed by atoms with E-state index in [1.54, 1.807) is 0 Å². The number of ether oxygens (including phenoxy) is 2. The van der Waals surface area contributed by atoms with E-state index >= 15 is 0 Å². The number of fused-ring (bicyclic) bond motifs is 2. The Labute approximate surface area is 107 Å². The van der Waals surface area contributed by atoms with Gasteiger partial charge in [0.25, 0.3) is 0 Å². The third-order valence-corrected chi connectivity index (χ3v) is 5.57. The van der Waals surface area contributed by atoms with Crippen molar-refractivity contribution in [2.24, 2.45) is 11.3 Å². The highest BCUT2D eigenvalue weighted by Crippen LogP contribution is 2.67. The molecule has 2 saturated carbocycles. The lowest BCUT2D eigenvalue weighted by Gasteiger charge is -2.49. The summed E-state index contributed by atoms with van der Waals surface area (Å²) in [6, 6.07) is 0. The maximum Gasteiger partial charge on any atom is 0.312 e. The summed E-state index contributed by atoms with van der Waals surface area (Å²) in [7, 11) is 0. The van der Waals surface area contributed by atoms with Crippen LogP contribution in [0.4, 0.5) is 0 Å². The van der Waals surface area contributed by atoms with Crippen LogP contribution in [0, 0.1) is 11.3 Å². The third kappa shape index (κ3) is 1.31. The van der Waals surface area contributed by atoms with Crippen LogP contribution < -0.4 is 0 Å². The molecule has 0 radical (unpaired) electrons. The monoisotopic (exact) mass is 252 g/mol. The second kappa shape index (κ2) is 3.48. The number of hydrogen-bond acceptors (Lipinski definition) is 3. The van der Waals surface area contributed by atoms with Crippen LogP contribution in [0.5, 0.6) is 0 Å². The number of hydrogen-bond donors (Lipinski definition) is 1. The van der Waals surface area contributed by atoms with Crippen molar-refractivity contribution in [3.05, 3.63) is 0 Å². The highest BCUT2D eigenvalue weighted by molar-refractivity contribution is 5.76. The molecule has 2 aliphatic carbocycles. The van der Waals surface area contributed by atoms with Gasteiger partial charge in [-0.3, -0.25) is 4.79 Å². The molecule has 4 unspecified atom stereocenters. The molecular formula is C14H20O4. The summed E-state index contributed by atoms with van der Waals surface area (Å²) in [5.41, 5.74) is -0.662. The molecule has 100 valence electrons. The Balaban J connectivity index is 1.55. The van der Waals surface area contributed by atoms with E-state index in [4.69, 9.17) is 9.47 Å². The first-order valence-corrected chi connectivity index (χ1v) is 7.25. The largest absolute Gasteiger partial charge is 0.481 e. The Morgan fingerprint density at radius 2 is 1.83 bits per heavy atom. The summed E-state index contributed by atoms with van der Waals surface area (Å²) in [6.45, 7) is 0. The topological polar surface area (TPSA) is 59.1 Å². The van der Waals surface area contributed by atoms with Gasteiger partial charge in [-0.25, -0.2) is 0 Å². The third-order valence-electron chi connectivity index (χ3n) is 5.57. The minimum absolute atomic E-state index is 0.0888. The van der Waals surface area contributed by atoms with E-state index in [0.29, 0.717) is 5.92 Å². The molecule has 5 fully saturated rings. The standard InChI is InChI=1S/C14H20O4/c15-12(16)13(8-9-4-2-1-3-5-9)6-7-14-11(18-14)10(13)17-14/h9-11H,1-8H2,(H,15,16). The van der Waals surface area contributed by atoms with Crippen molar-refractivity contribution in [3.8, 4) is 0 Å². The van der Waals surface area contributed by atoms with Crippen LogP contribution in [0.2, 0.25) is 0 Å². The van der Waals surface area contributed by atoms with Crippen molar-refractivity contribution in [2.75, 3.05) is 0 Å². The minimum atomic E-state index is -0.665. The first-order valence-electron chi connectivity index (χ1n) is 7.25. The van der Waals surface area contributed by atoms with Gasteiger partial charge in [-0.05, 0) is 18.8 Å². The van der Waals surface area contributed by atoms with E-state index in [0.717, 1.165) is 19.3 Å². The molecule has 5 rings (SSSR count). The van der Waals surface area contributed by atoms with Crippen molar-refractivity contribution in [3.63, 3.8) is 0 Å². The first kappa shape index (κ1) is 11.2. The van der Waals surface area contributed by atoms with Crippen molar-refractivity contribution in [1.29, 1.82) is 0 Å². The summed E-state index contributed by atoms with van der Waals surface area (Å²) < 4.78 is 11.3. The van der Waals surface area contributed by atoms with Crippen LogP contribution in [-0.2, 0) is 14.3 Å². The Morgan fingerprint density at radius 3 is 2.44 bits per heavy atom. The highest BCUT2D eigenvalue weighted by Gasteiger charge is 2.81. The second-order valence-electron chi connectivity index (χ2n) is 6.56. The molecule has 0 aromatic rings. The molecule has 0 amide bonds. The fourth-order valence-electron chi connectivity index (χ4n) is 4.42. The second-order valence-corrected chi connectivity index (χ2v) is 6.56. The predicted molar refractivity (Wildman–Crippen MR) is 63.0 cm³/mol. The average Bonchev–Trinajstić information content (AvgIpc) is 2.96. The molecule has 4 heteroatoms. The molecule has 1 N–H and O–H groups in total. The summed E-state index contributed by atoms with van der Waals surface area (Å²) in [4.78, 5) is 11.8. The van der Waals surface area contributed by atoms with Gasteiger partial charge in [-0.1, -0.05) is 32.1 Å². The predicted octanol–water partition coefficient (Wildman–Crippen LogP) is 2.32. The molecule has 5 aliphatic rings. The highest BCUT2D eigenvalue weighted by atomic mass is 16.9. The van der Waals surface area contributed by atoms with Crippen molar-refractivity contribution >= 4 is 5.97 Å². The van der Waals surface area contributed by atoms with Gasteiger partial charge in [0.15, 0.2) is 5.79 Å². The van der Waals surface area contributed by atoms with Crippen LogP contribution in [0.25, 0.3) is 0 Å². The van der Waals surface area contributed by atoms with Crippen LogP contribution in [-0.4, -0.2) is 29.1 Å². The lowest BCUT2D eigenvalue weighted by atomic mass is 9.62. The van der Waals surface area contributed by atoms with E-state index in [-0.39, 0.29) is 18.0 Å². The smallest absolute Gasteiger partial charge is 0.312 e. The zero-order valence-corrected chi connectivity index (χ0v) is 10.6. The summed E-state index contributed by atoms with van der Waals surface area (Å²) in [5, 5.41) is 9.71. The van der Waals surface area contributed by atoms with Gasteiger partial charge in [-0.2, -0.15) is 0 Å².